The van der Waals surface area contributed by atoms with Gasteiger partial charge >= 0.3 is 10.2 Å². The maximum atomic E-state index is 11.8. The molecule has 0 aliphatic carbocycles. The third kappa shape index (κ3) is 4.35. The number of hydrogen-bond donors (Lipinski definition) is 2. The van der Waals surface area contributed by atoms with E-state index in [-0.39, 0.29) is 0 Å². The SMILES string of the molecule is CN(C)S(=O)(=O)Nc1ccc(Nc2cc(-c3ccccc3)ncn2)cc1. The summed E-state index contributed by atoms with van der Waals surface area (Å²) in [6.45, 7) is 0. The smallest absolute Gasteiger partial charge is 0.301 e. The summed E-state index contributed by atoms with van der Waals surface area (Å²) in [5.41, 5.74) is 3.09. The molecule has 1 heterocycles. The lowest BCUT2D eigenvalue weighted by molar-refractivity contribution is 0.527. The van der Waals surface area contributed by atoms with E-state index < -0.39 is 10.2 Å². The van der Waals surface area contributed by atoms with Gasteiger partial charge in [0, 0.05) is 37.1 Å². The predicted octanol–water partition coefficient (Wildman–Crippen LogP) is 3.11. The van der Waals surface area contributed by atoms with Crippen LogP contribution in [0.25, 0.3) is 11.3 Å². The first-order valence-corrected chi connectivity index (χ1v) is 9.33. The van der Waals surface area contributed by atoms with Gasteiger partial charge in [0.15, 0.2) is 0 Å². The molecule has 2 aromatic carbocycles. The van der Waals surface area contributed by atoms with Crippen LogP contribution in [-0.2, 0) is 10.2 Å². The van der Waals surface area contributed by atoms with E-state index in [9.17, 15) is 8.42 Å². The van der Waals surface area contributed by atoms with Gasteiger partial charge < -0.3 is 5.32 Å². The summed E-state index contributed by atoms with van der Waals surface area (Å²) in [5.74, 6) is 0.653. The van der Waals surface area contributed by atoms with Crippen molar-refractivity contribution in [3.05, 3.63) is 67.0 Å². The molecule has 3 rings (SSSR count). The minimum absolute atomic E-state index is 0.483. The Morgan fingerprint density at radius 2 is 1.54 bits per heavy atom. The van der Waals surface area contributed by atoms with E-state index in [1.807, 2.05) is 36.4 Å². The average molecular weight is 369 g/mol. The van der Waals surface area contributed by atoms with Crippen LogP contribution in [-0.4, -0.2) is 36.8 Å². The van der Waals surface area contributed by atoms with E-state index in [1.54, 1.807) is 24.3 Å². The Bertz CT molecular complexity index is 974. The molecule has 134 valence electrons. The van der Waals surface area contributed by atoms with E-state index in [4.69, 9.17) is 0 Å². The molecule has 0 fully saturated rings. The fraction of sp³-hybridized carbons (Fsp3) is 0.111. The molecule has 0 saturated heterocycles. The van der Waals surface area contributed by atoms with Gasteiger partial charge in [0.05, 0.1) is 5.69 Å². The number of nitrogens with one attached hydrogen (secondary N) is 2. The van der Waals surface area contributed by atoms with Crippen molar-refractivity contribution < 1.29 is 8.42 Å². The molecule has 0 aliphatic rings. The molecule has 8 heteroatoms. The molecule has 7 nitrogen and oxygen atoms in total. The lowest BCUT2D eigenvalue weighted by Crippen LogP contribution is -2.28. The number of rotatable bonds is 6. The largest absolute Gasteiger partial charge is 0.340 e. The number of anilines is 3. The first-order chi connectivity index (χ1) is 12.4. The molecule has 2 N–H and O–H groups in total. The highest BCUT2D eigenvalue weighted by Crippen LogP contribution is 2.22. The Morgan fingerprint density at radius 3 is 2.19 bits per heavy atom. The van der Waals surface area contributed by atoms with Crippen molar-refractivity contribution in [1.82, 2.24) is 14.3 Å². The van der Waals surface area contributed by atoms with Gasteiger partial charge in [-0.15, -0.1) is 0 Å². The molecule has 0 radical (unpaired) electrons. The van der Waals surface area contributed by atoms with Crippen molar-refractivity contribution >= 4 is 27.4 Å². The summed E-state index contributed by atoms with van der Waals surface area (Å²) in [6, 6.07) is 18.6. The van der Waals surface area contributed by atoms with Crippen LogP contribution >= 0.6 is 0 Å². The van der Waals surface area contributed by atoms with E-state index in [0.717, 1.165) is 21.2 Å². The van der Waals surface area contributed by atoms with Gasteiger partial charge in [0.25, 0.3) is 0 Å². The number of hydrogen-bond acceptors (Lipinski definition) is 5. The zero-order valence-electron chi connectivity index (χ0n) is 14.4. The fourth-order valence-corrected chi connectivity index (χ4v) is 2.82. The summed E-state index contributed by atoms with van der Waals surface area (Å²) in [5, 5.41) is 3.19. The average Bonchev–Trinajstić information content (AvgIpc) is 2.64. The Hall–Kier alpha value is -2.97. The number of nitrogens with zero attached hydrogens (tertiary/aromatic N) is 3. The summed E-state index contributed by atoms with van der Waals surface area (Å²) in [7, 11) is -0.577. The van der Waals surface area contributed by atoms with Crippen molar-refractivity contribution in [2.24, 2.45) is 0 Å². The molecule has 0 saturated carbocycles. The summed E-state index contributed by atoms with van der Waals surface area (Å²) >= 11 is 0. The zero-order valence-corrected chi connectivity index (χ0v) is 15.2. The Labute approximate surface area is 152 Å². The van der Waals surface area contributed by atoms with Crippen LogP contribution in [0, 0.1) is 0 Å². The van der Waals surface area contributed by atoms with Crippen molar-refractivity contribution in [3.8, 4) is 11.3 Å². The first kappa shape index (κ1) is 17.8. The maximum absolute atomic E-state index is 11.8. The Morgan fingerprint density at radius 1 is 0.885 bits per heavy atom. The highest BCUT2D eigenvalue weighted by atomic mass is 32.2. The molecule has 0 bridgehead atoms. The van der Waals surface area contributed by atoms with Gasteiger partial charge in [-0.3, -0.25) is 4.72 Å². The van der Waals surface area contributed by atoms with Crippen LogP contribution in [0.15, 0.2) is 67.0 Å². The second kappa shape index (κ2) is 7.51. The molecule has 0 aliphatic heterocycles. The molecule has 3 aromatic rings. The molecule has 0 atom stereocenters. The molecular weight excluding hydrogens is 350 g/mol. The quantitative estimate of drug-likeness (QED) is 0.697. The van der Waals surface area contributed by atoms with Gasteiger partial charge in [-0.25, -0.2) is 9.97 Å². The van der Waals surface area contributed by atoms with Crippen molar-refractivity contribution in [3.63, 3.8) is 0 Å². The van der Waals surface area contributed by atoms with Gasteiger partial charge in [-0.2, -0.15) is 12.7 Å². The van der Waals surface area contributed by atoms with E-state index in [2.05, 4.69) is 20.0 Å². The highest BCUT2D eigenvalue weighted by Gasteiger charge is 2.12. The first-order valence-electron chi connectivity index (χ1n) is 7.89. The summed E-state index contributed by atoms with van der Waals surface area (Å²) < 4.78 is 27.3. The maximum Gasteiger partial charge on any atom is 0.301 e. The molecule has 0 amide bonds. The van der Waals surface area contributed by atoms with E-state index >= 15 is 0 Å². The lowest BCUT2D eigenvalue weighted by atomic mass is 10.1. The predicted molar refractivity (Wildman–Crippen MR) is 103 cm³/mol. The molecular formula is C18H19N5O2S. The van der Waals surface area contributed by atoms with Gasteiger partial charge in [0.1, 0.15) is 12.1 Å². The normalized spacial score (nSPS) is 11.3. The fourth-order valence-electron chi connectivity index (χ4n) is 2.20. The monoisotopic (exact) mass is 369 g/mol. The Kier molecular flexibility index (Phi) is 5.15. The summed E-state index contributed by atoms with van der Waals surface area (Å²) in [6.07, 6.45) is 1.50. The summed E-state index contributed by atoms with van der Waals surface area (Å²) in [4.78, 5) is 8.51. The molecule has 0 spiro atoms. The van der Waals surface area contributed by atoms with Crippen LogP contribution in [0.5, 0.6) is 0 Å². The van der Waals surface area contributed by atoms with Crippen LogP contribution in [0.2, 0.25) is 0 Å². The second-order valence-electron chi connectivity index (χ2n) is 5.75. The van der Waals surface area contributed by atoms with Crippen molar-refractivity contribution in [2.75, 3.05) is 24.1 Å². The molecule has 0 unspecified atom stereocenters. The van der Waals surface area contributed by atoms with Crippen LogP contribution < -0.4 is 10.0 Å². The Balaban J connectivity index is 1.74. The van der Waals surface area contributed by atoms with Crippen LogP contribution in [0.3, 0.4) is 0 Å². The number of benzene rings is 2. The zero-order chi connectivity index (χ0) is 18.6. The van der Waals surface area contributed by atoms with Crippen molar-refractivity contribution in [2.45, 2.75) is 0 Å². The lowest BCUT2D eigenvalue weighted by Gasteiger charge is -2.14. The van der Waals surface area contributed by atoms with Crippen LogP contribution in [0.4, 0.5) is 17.2 Å². The van der Waals surface area contributed by atoms with E-state index in [0.29, 0.717) is 11.5 Å². The highest BCUT2D eigenvalue weighted by molar-refractivity contribution is 7.90. The number of aromatic nitrogens is 2. The topological polar surface area (TPSA) is 87.2 Å². The minimum atomic E-state index is -3.52. The standard InChI is InChI=1S/C18H19N5O2S/c1-23(2)26(24,25)22-16-10-8-15(9-11-16)21-18-12-17(19-13-20-18)14-6-4-3-5-7-14/h3-13,22H,1-2H3,(H,19,20,21). The third-order valence-corrected chi connectivity index (χ3v) is 5.08. The van der Waals surface area contributed by atoms with Crippen molar-refractivity contribution in [1.29, 1.82) is 0 Å². The molecule has 26 heavy (non-hydrogen) atoms. The minimum Gasteiger partial charge on any atom is -0.340 e. The van der Waals surface area contributed by atoms with Gasteiger partial charge in [-0.1, -0.05) is 30.3 Å². The van der Waals surface area contributed by atoms with Gasteiger partial charge in [-0.05, 0) is 24.3 Å². The third-order valence-electron chi connectivity index (χ3n) is 3.62. The molecule has 1 aromatic heterocycles. The van der Waals surface area contributed by atoms with E-state index in [1.165, 1.54) is 20.4 Å². The van der Waals surface area contributed by atoms with Gasteiger partial charge in [0.2, 0.25) is 0 Å². The second-order valence-corrected chi connectivity index (χ2v) is 7.63. The van der Waals surface area contributed by atoms with Crippen LogP contribution in [0.1, 0.15) is 0 Å².